The number of nitrogens with zero attached hydrogens (tertiary/aromatic N) is 1. The zero-order chi connectivity index (χ0) is 6.53. The average Bonchev–Trinajstić information content (AvgIpc) is 1.91. The quantitative estimate of drug-likeness (QED) is 0.539. The monoisotopic (exact) mass is 126 g/mol. The van der Waals surface area contributed by atoms with E-state index in [9.17, 15) is 0 Å². The van der Waals surface area contributed by atoms with Gasteiger partial charge in [0.15, 0.2) is 0 Å². The van der Waals surface area contributed by atoms with E-state index in [-0.39, 0.29) is 6.61 Å². The highest BCUT2D eigenvalue weighted by Gasteiger charge is 1.93. The van der Waals surface area contributed by atoms with E-state index >= 15 is 0 Å². The Morgan fingerprint density at radius 1 is 1.44 bits per heavy atom. The summed E-state index contributed by atoms with van der Waals surface area (Å²) < 4.78 is 0. The van der Waals surface area contributed by atoms with Crippen LogP contribution in [0.15, 0.2) is 24.6 Å². The van der Waals surface area contributed by atoms with Crippen molar-refractivity contribution in [3.05, 3.63) is 24.6 Å². The van der Waals surface area contributed by atoms with E-state index in [4.69, 9.17) is 5.11 Å². The fourth-order valence-electron chi connectivity index (χ4n) is 0.638. The van der Waals surface area contributed by atoms with E-state index in [1.54, 1.807) is 5.01 Å². The van der Waals surface area contributed by atoms with Crippen molar-refractivity contribution in [3.8, 4) is 0 Å². The smallest absolute Gasteiger partial charge is 0.0626 e. The number of β-amino-alcohol motifs (C(OH)–C–C–N with tert-alkyl or cyclic N) is 1. The third-order valence-corrected chi connectivity index (χ3v) is 1.05. The summed E-state index contributed by atoms with van der Waals surface area (Å²) in [4.78, 5) is 0. The second-order valence-corrected chi connectivity index (χ2v) is 1.75. The summed E-state index contributed by atoms with van der Waals surface area (Å²) in [6.45, 7) is 0.798. The van der Waals surface area contributed by atoms with Crippen molar-refractivity contribution in [2.75, 3.05) is 13.2 Å². The van der Waals surface area contributed by atoms with Gasteiger partial charge >= 0.3 is 0 Å². The Balaban J connectivity index is 2.28. The van der Waals surface area contributed by atoms with E-state index < -0.39 is 0 Å². The van der Waals surface area contributed by atoms with Gasteiger partial charge in [-0.3, -0.25) is 5.01 Å². The van der Waals surface area contributed by atoms with Crippen LogP contribution in [0.1, 0.15) is 0 Å². The maximum atomic E-state index is 8.48. The summed E-state index contributed by atoms with van der Waals surface area (Å²) in [6, 6.07) is 0. The van der Waals surface area contributed by atoms with Gasteiger partial charge in [-0.25, -0.2) is 0 Å². The zero-order valence-corrected chi connectivity index (χ0v) is 5.12. The molecule has 1 aliphatic heterocycles. The van der Waals surface area contributed by atoms with Crippen LogP contribution in [0.5, 0.6) is 0 Å². The number of hydrogen-bond donors (Lipinski definition) is 2. The molecule has 1 heterocycles. The van der Waals surface area contributed by atoms with Crippen LogP contribution in [0, 0.1) is 0 Å². The van der Waals surface area contributed by atoms with Gasteiger partial charge in [-0.2, -0.15) is 0 Å². The number of aliphatic hydroxyl groups excluding tert-OH is 1. The lowest BCUT2D eigenvalue weighted by atomic mass is 10.5. The highest BCUT2D eigenvalue weighted by atomic mass is 16.3. The van der Waals surface area contributed by atoms with Crippen LogP contribution < -0.4 is 5.43 Å². The fraction of sp³-hybridized carbons (Fsp3) is 0.333. The highest BCUT2D eigenvalue weighted by molar-refractivity contribution is 5.04. The zero-order valence-electron chi connectivity index (χ0n) is 5.12. The SMILES string of the molecule is OCCN1C=CC=CN1. The molecular weight excluding hydrogens is 116 g/mol. The van der Waals surface area contributed by atoms with Gasteiger partial charge < -0.3 is 10.5 Å². The largest absolute Gasteiger partial charge is 0.394 e. The lowest BCUT2D eigenvalue weighted by molar-refractivity contribution is 0.212. The molecule has 0 saturated heterocycles. The van der Waals surface area contributed by atoms with Gasteiger partial charge in [0.05, 0.1) is 13.2 Å². The summed E-state index contributed by atoms with van der Waals surface area (Å²) in [6.07, 6.45) is 7.49. The standard InChI is InChI=1S/C6H10N2O/c9-6-5-8-4-2-1-3-7-8/h1-4,7,9H,5-6H2. The number of aliphatic hydroxyl groups is 1. The number of allylic oxidation sites excluding steroid dienone is 2. The molecule has 0 atom stereocenters. The van der Waals surface area contributed by atoms with Crippen LogP contribution in [0.4, 0.5) is 0 Å². The van der Waals surface area contributed by atoms with E-state index in [2.05, 4.69) is 5.43 Å². The summed E-state index contributed by atoms with van der Waals surface area (Å²) >= 11 is 0. The Morgan fingerprint density at radius 3 is 2.89 bits per heavy atom. The van der Waals surface area contributed by atoms with E-state index in [0.29, 0.717) is 6.54 Å². The average molecular weight is 126 g/mol. The molecule has 2 N–H and O–H groups in total. The molecule has 0 aliphatic carbocycles. The normalized spacial score (nSPS) is 15.9. The third-order valence-electron chi connectivity index (χ3n) is 1.05. The minimum absolute atomic E-state index is 0.172. The van der Waals surface area contributed by atoms with Gasteiger partial charge in [-0.1, -0.05) is 0 Å². The molecule has 50 valence electrons. The first-order valence-electron chi connectivity index (χ1n) is 2.90. The molecule has 3 nitrogen and oxygen atoms in total. The Kier molecular flexibility index (Phi) is 2.15. The lowest BCUT2D eigenvalue weighted by Crippen LogP contribution is -2.32. The van der Waals surface area contributed by atoms with Crippen LogP contribution in [-0.4, -0.2) is 23.3 Å². The predicted octanol–water partition coefficient (Wildman–Crippen LogP) is -0.174. The van der Waals surface area contributed by atoms with Gasteiger partial charge in [0.1, 0.15) is 0 Å². The number of nitrogens with one attached hydrogen (secondary N) is 1. The number of hydrazine groups is 1. The topological polar surface area (TPSA) is 35.5 Å². The predicted molar refractivity (Wildman–Crippen MR) is 35.2 cm³/mol. The second-order valence-electron chi connectivity index (χ2n) is 1.75. The maximum absolute atomic E-state index is 8.48. The highest BCUT2D eigenvalue weighted by Crippen LogP contribution is 1.89. The molecule has 0 saturated carbocycles. The van der Waals surface area contributed by atoms with Crippen molar-refractivity contribution in [1.82, 2.24) is 10.4 Å². The molecule has 0 aromatic heterocycles. The molecule has 0 aromatic rings. The molecule has 9 heavy (non-hydrogen) atoms. The molecule has 0 bridgehead atoms. The Labute approximate surface area is 54.3 Å². The Hall–Kier alpha value is -0.960. The van der Waals surface area contributed by atoms with Gasteiger partial charge in [0, 0.05) is 12.4 Å². The first-order valence-corrected chi connectivity index (χ1v) is 2.90. The van der Waals surface area contributed by atoms with E-state index in [0.717, 1.165) is 0 Å². The lowest BCUT2D eigenvalue weighted by Gasteiger charge is -2.20. The van der Waals surface area contributed by atoms with Gasteiger partial charge in [-0.15, -0.1) is 0 Å². The molecule has 3 heteroatoms. The van der Waals surface area contributed by atoms with Crippen LogP contribution in [-0.2, 0) is 0 Å². The second kappa shape index (κ2) is 3.14. The van der Waals surface area contributed by atoms with Crippen molar-refractivity contribution in [1.29, 1.82) is 0 Å². The first-order chi connectivity index (χ1) is 4.43. The summed E-state index contributed by atoms with van der Waals surface area (Å²) in [5, 5.41) is 10.3. The summed E-state index contributed by atoms with van der Waals surface area (Å²) in [7, 11) is 0. The van der Waals surface area contributed by atoms with Crippen molar-refractivity contribution in [2.24, 2.45) is 0 Å². The molecular formula is C6H10N2O. The molecule has 0 unspecified atom stereocenters. The fourth-order valence-corrected chi connectivity index (χ4v) is 0.638. The van der Waals surface area contributed by atoms with Crippen molar-refractivity contribution >= 4 is 0 Å². The van der Waals surface area contributed by atoms with Crippen LogP contribution in [0.2, 0.25) is 0 Å². The molecule has 0 radical (unpaired) electrons. The van der Waals surface area contributed by atoms with Crippen LogP contribution in [0.25, 0.3) is 0 Å². The molecule has 0 aromatic carbocycles. The van der Waals surface area contributed by atoms with E-state index in [1.807, 2.05) is 24.6 Å². The van der Waals surface area contributed by atoms with Gasteiger partial charge in [-0.05, 0) is 12.2 Å². The van der Waals surface area contributed by atoms with Crippen LogP contribution in [0.3, 0.4) is 0 Å². The molecule has 1 aliphatic rings. The van der Waals surface area contributed by atoms with Crippen molar-refractivity contribution in [3.63, 3.8) is 0 Å². The van der Waals surface area contributed by atoms with Crippen molar-refractivity contribution < 1.29 is 5.11 Å². The number of rotatable bonds is 2. The maximum Gasteiger partial charge on any atom is 0.0626 e. The van der Waals surface area contributed by atoms with Crippen LogP contribution >= 0.6 is 0 Å². The molecule has 1 rings (SSSR count). The van der Waals surface area contributed by atoms with Gasteiger partial charge in [0.25, 0.3) is 0 Å². The van der Waals surface area contributed by atoms with E-state index in [1.165, 1.54) is 0 Å². The van der Waals surface area contributed by atoms with Gasteiger partial charge in [0.2, 0.25) is 0 Å². The Bertz CT molecular complexity index is 131. The first kappa shape index (κ1) is 6.16. The van der Waals surface area contributed by atoms with Crippen molar-refractivity contribution in [2.45, 2.75) is 0 Å². The number of hydrogen-bond acceptors (Lipinski definition) is 3. The summed E-state index contributed by atoms with van der Waals surface area (Å²) in [5.41, 5.74) is 2.93. The summed E-state index contributed by atoms with van der Waals surface area (Å²) in [5.74, 6) is 0. The minimum Gasteiger partial charge on any atom is -0.394 e. The molecule has 0 fully saturated rings. The minimum atomic E-state index is 0.172. The molecule has 0 amide bonds. The Morgan fingerprint density at radius 2 is 2.33 bits per heavy atom. The molecule has 0 spiro atoms. The third kappa shape index (κ3) is 1.77.